The summed E-state index contributed by atoms with van der Waals surface area (Å²) in [6.45, 7) is 8.11. The van der Waals surface area contributed by atoms with Crippen molar-refractivity contribution < 1.29 is 4.79 Å². The Morgan fingerprint density at radius 3 is 2.59 bits per heavy atom. The molecule has 2 aliphatic heterocycles. The molecule has 1 amide bonds. The number of hydrogen-bond acceptors (Lipinski definition) is 5. The van der Waals surface area contributed by atoms with Gasteiger partial charge in [0.05, 0.1) is 22.1 Å². The van der Waals surface area contributed by atoms with Crippen molar-refractivity contribution in [3.05, 3.63) is 53.0 Å². The van der Waals surface area contributed by atoms with Gasteiger partial charge in [-0.3, -0.25) is 4.79 Å². The number of amides is 1. The van der Waals surface area contributed by atoms with Crippen molar-refractivity contribution in [3.8, 4) is 11.3 Å². The van der Waals surface area contributed by atoms with E-state index in [0.717, 1.165) is 74.6 Å². The van der Waals surface area contributed by atoms with Gasteiger partial charge in [-0.2, -0.15) is 0 Å². The molecule has 5 nitrogen and oxygen atoms in total. The molecule has 5 rings (SSSR count). The van der Waals surface area contributed by atoms with Gasteiger partial charge in [-0.25, -0.2) is 4.98 Å². The van der Waals surface area contributed by atoms with E-state index in [9.17, 15) is 4.79 Å². The summed E-state index contributed by atoms with van der Waals surface area (Å²) in [5.41, 5.74) is 3.95. The van der Waals surface area contributed by atoms with Crippen LogP contribution in [0.2, 0.25) is 0 Å². The van der Waals surface area contributed by atoms with Gasteiger partial charge in [0, 0.05) is 43.9 Å². The standard InChI is InChI=1S/C24H28N4OS.2ClH/c1-2-27-13-10-25-21(16-27)22-23-19(9-14-30-23)15-20(26-22)17-5-7-18(8-6-17)24(29)28-11-3-4-12-28;;/h5-9,14-15,21,25H,2-4,10-13,16H2,1H3;2*1H. The first-order chi connectivity index (χ1) is 14.7. The number of pyridine rings is 1. The number of aromatic nitrogens is 1. The first-order valence-corrected chi connectivity index (χ1v) is 11.8. The van der Waals surface area contributed by atoms with Gasteiger partial charge in [-0.05, 0) is 54.4 Å². The summed E-state index contributed by atoms with van der Waals surface area (Å²) in [6.07, 6.45) is 2.23. The number of halogens is 2. The molecule has 4 heterocycles. The van der Waals surface area contributed by atoms with Gasteiger partial charge in [0.1, 0.15) is 0 Å². The minimum absolute atomic E-state index is 0. The smallest absolute Gasteiger partial charge is 0.253 e. The number of rotatable bonds is 4. The summed E-state index contributed by atoms with van der Waals surface area (Å²) >= 11 is 1.77. The molecule has 0 saturated carbocycles. The van der Waals surface area contributed by atoms with Crippen LogP contribution in [0, 0.1) is 0 Å². The number of likely N-dealkylation sites (tertiary alicyclic amines) is 1. The Kier molecular flexibility index (Phi) is 8.53. The lowest BCUT2D eigenvalue weighted by molar-refractivity contribution is 0.0793. The molecule has 2 fully saturated rings. The summed E-state index contributed by atoms with van der Waals surface area (Å²) in [5, 5.41) is 7.06. The maximum absolute atomic E-state index is 12.7. The number of nitrogens with zero attached hydrogens (tertiary/aromatic N) is 3. The van der Waals surface area contributed by atoms with Crippen LogP contribution in [0.3, 0.4) is 0 Å². The molecule has 2 aliphatic rings. The molecular formula is C24H30Cl2N4OS. The monoisotopic (exact) mass is 492 g/mol. The molecule has 2 aromatic heterocycles. The third-order valence-electron chi connectivity index (χ3n) is 6.32. The molecule has 1 atom stereocenters. The molecule has 0 aliphatic carbocycles. The first kappa shape index (κ1) is 24.9. The number of thiophene rings is 1. The van der Waals surface area contributed by atoms with E-state index in [1.807, 2.05) is 29.2 Å². The fourth-order valence-corrected chi connectivity index (χ4v) is 5.48. The lowest BCUT2D eigenvalue weighted by atomic mass is 10.0. The summed E-state index contributed by atoms with van der Waals surface area (Å²) in [4.78, 5) is 22.2. The van der Waals surface area contributed by atoms with Crippen LogP contribution in [0.5, 0.6) is 0 Å². The summed E-state index contributed by atoms with van der Waals surface area (Å²) in [7, 11) is 0. The zero-order valence-electron chi connectivity index (χ0n) is 18.3. The Morgan fingerprint density at radius 2 is 1.88 bits per heavy atom. The molecule has 1 N–H and O–H groups in total. The second-order valence-corrected chi connectivity index (χ2v) is 9.12. The number of carbonyl (C=O) groups excluding carboxylic acids is 1. The van der Waals surface area contributed by atoms with E-state index in [1.165, 1.54) is 10.1 Å². The molecule has 172 valence electrons. The van der Waals surface area contributed by atoms with Crippen molar-refractivity contribution in [1.29, 1.82) is 0 Å². The van der Waals surface area contributed by atoms with E-state index in [4.69, 9.17) is 4.98 Å². The van der Waals surface area contributed by atoms with Crippen LogP contribution < -0.4 is 5.32 Å². The SMILES string of the molecule is CCN1CCNC(c2nc(-c3ccc(C(=O)N4CCCC4)cc3)cc3ccsc23)C1.Cl.Cl. The predicted octanol–water partition coefficient (Wildman–Crippen LogP) is 5.01. The lowest BCUT2D eigenvalue weighted by Gasteiger charge is -2.33. The Hall–Kier alpha value is -1.70. The van der Waals surface area contributed by atoms with E-state index in [2.05, 4.69) is 34.7 Å². The fourth-order valence-electron chi connectivity index (χ4n) is 4.55. The quantitative estimate of drug-likeness (QED) is 0.555. The highest BCUT2D eigenvalue weighted by Gasteiger charge is 2.24. The van der Waals surface area contributed by atoms with Gasteiger partial charge >= 0.3 is 0 Å². The Labute approximate surface area is 206 Å². The van der Waals surface area contributed by atoms with Crippen LogP contribution in [0.4, 0.5) is 0 Å². The van der Waals surface area contributed by atoms with E-state index in [0.29, 0.717) is 0 Å². The van der Waals surface area contributed by atoms with Crippen LogP contribution in [0.25, 0.3) is 21.3 Å². The van der Waals surface area contributed by atoms with Crippen molar-refractivity contribution in [2.45, 2.75) is 25.8 Å². The number of piperazine rings is 1. The van der Waals surface area contributed by atoms with Gasteiger partial charge in [-0.15, -0.1) is 36.2 Å². The molecular weight excluding hydrogens is 463 g/mol. The largest absolute Gasteiger partial charge is 0.339 e. The zero-order valence-corrected chi connectivity index (χ0v) is 20.7. The van der Waals surface area contributed by atoms with Crippen molar-refractivity contribution >= 4 is 52.1 Å². The zero-order chi connectivity index (χ0) is 20.5. The molecule has 1 unspecified atom stereocenters. The number of likely N-dealkylation sites (N-methyl/N-ethyl adjacent to an activating group) is 1. The minimum atomic E-state index is 0. The molecule has 3 aromatic rings. The molecule has 2 saturated heterocycles. The highest BCUT2D eigenvalue weighted by molar-refractivity contribution is 7.17. The molecule has 1 aromatic carbocycles. The minimum Gasteiger partial charge on any atom is -0.339 e. The van der Waals surface area contributed by atoms with Crippen molar-refractivity contribution in [1.82, 2.24) is 20.1 Å². The summed E-state index contributed by atoms with van der Waals surface area (Å²) < 4.78 is 1.27. The Balaban J connectivity index is 0.00000144. The van der Waals surface area contributed by atoms with Crippen LogP contribution in [0.1, 0.15) is 41.9 Å². The van der Waals surface area contributed by atoms with Crippen LogP contribution in [0.15, 0.2) is 41.8 Å². The van der Waals surface area contributed by atoms with Gasteiger partial charge in [0.15, 0.2) is 0 Å². The maximum atomic E-state index is 12.7. The second kappa shape index (κ2) is 10.9. The number of fused-ring (bicyclic) bond motifs is 1. The van der Waals surface area contributed by atoms with Crippen LogP contribution in [-0.4, -0.2) is 60.0 Å². The second-order valence-electron chi connectivity index (χ2n) is 8.21. The average molecular weight is 494 g/mol. The van der Waals surface area contributed by atoms with E-state index < -0.39 is 0 Å². The first-order valence-electron chi connectivity index (χ1n) is 11.0. The Morgan fingerprint density at radius 1 is 1.12 bits per heavy atom. The van der Waals surface area contributed by atoms with Gasteiger partial charge in [-0.1, -0.05) is 19.1 Å². The molecule has 0 bridgehead atoms. The average Bonchev–Trinajstić information content (AvgIpc) is 3.50. The lowest BCUT2D eigenvalue weighted by Crippen LogP contribution is -2.45. The highest BCUT2D eigenvalue weighted by Crippen LogP contribution is 2.33. The molecule has 0 radical (unpaired) electrons. The van der Waals surface area contributed by atoms with E-state index in [-0.39, 0.29) is 36.8 Å². The van der Waals surface area contributed by atoms with Gasteiger partial charge < -0.3 is 15.1 Å². The normalized spacial score (nSPS) is 18.9. The van der Waals surface area contributed by atoms with Crippen molar-refractivity contribution in [3.63, 3.8) is 0 Å². The molecule has 32 heavy (non-hydrogen) atoms. The van der Waals surface area contributed by atoms with E-state index >= 15 is 0 Å². The van der Waals surface area contributed by atoms with E-state index in [1.54, 1.807) is 11.3 Å². The molecule has 8 heteroatoms. The Bertz CT molecular complexity index is 1050. The van der Waals surface area contributed by atoms with Gasteiger partial charge in [0.25, 0.3) is 5.91 Å². The highest BCUT2D eigenvalue weighted by atomic mass is 35.5. The number of hydrogen-bond donors (Lipinski definition) is 1. The maximum Gasteiger partial charge on any atom is 0.253 e. The van der Waals surface area contributed by atoms with Crippen molar-refractivity contribution in [2.24, 2.45) is 0 Å². The third-order valence-corrected chi connectivity index (χ3v) is 7.27. The predicted molar refractivity (Wildman–Crippen MR) is 138 cm³/mol. The van der Waals surface area contributed by atoms with Crippen molar-refractivity contribution in [2.75, 3.05) is 39.3 Å². The number of benzene rings is 1. The van der Waals surface area contributed by atoms with Gasteiger partial charge in [0.2, 0.25) is 0 Å². The van der Waals surface area contributed by atoms with Crippen LogP contribution in [-0.2, 0) is 0 Å². The molecule has 0 spiro atoms. The summed E-state index contributed by atoms with van der Waals surface area (Å²) in [5.74, 6) is 0.145. The fraction of sp³-hybridized carbons (Fsp3) is 0.417. The topological polar surface area (TPSA) is 48.5 Å². The summed E-state index contributed by atoms with van der Waals surface area (Å²) in [6, 6.07) is 12.6. The third kappa shape index (κ3) is 4.95. The number of carbonyl (C=O) groups is 1. The number of nitrogens with one attached hydrogen (secondary N) is 1. The van der Waals surface area contributed by atoms with Crippen LogP contribution >= 0.6 is 36.2 Å².